The Hall–Kier alpha value is -0.930. The summed E-state index contributed by atoms with van der Waals surface area (Å²) < 4.78 is 0. The van der Waals surface area contributed by atoms with Gasteiger partial charge in [-0.1, -0.05) is 25.1 Å². The number of benzene rings is 1. The number of aromatic amines is 1. The number of hydrogen-bond donors (Lipinski definition) is 2. The number of fused-ring (bicyclic) bond motifs is 1. The smallest absolute Gasteiger partial charge is 0.110 e. The first-order chi connectivity index (χ1) is 7.63. The Morgan fingerprint density at radius 2 is 2.12 bits per heavy atom. The number of hydrogen-bond acceptors (Lipinski definition) is 2. The van der Waals surface area contributed by atoms with Crippen LogP contribution in [0.25, 0.3) is 10.9 Å². The van der Waals surface area contributed by atoms with Gasteiger partial charge in [0.1, 0.15) is 5.60 Å². The summed E-state index contributed by atoms with van der Waals surface area (Å²) in [6, 6.07) is 10.1. The monoisotopic (exact) mass is 235 g/mol. The van der Waals surface area contributed by atoms with Crippen LogP contribution in [0.3, 0.4) is 0 Å². The molecule has 0 aliphatic heterocycles. The summed E-state index contributed by atoms with van der Waals surface area (Å²) in [5.74, 6) is 1.74. The fourth-order valence-corrected chi connectivity index (χ4v) is 2.50. The van der Waals surface area contributed by atoms with Crippen molar-refractivity contribution in [1.82, 2.24) is 4.98 Å². The van der Waals surface area contributed by atoms with Gasteiger partial charge in [-0.3, -0.25) is 0 Å². The molecule has 0 radical (unpaired) electrons. The Morgan fingerprint density at radius 3 is 2.81 bits per heavy atom. The van der Waals surface area contributed by atoms with Crippen LogP contribution in [-0.2, 0) is 5.60 Å². The third kappa shape index (κ3) is 2.25. The normalized spacial score (nSPS) is 15.2. The fraction of sp³-hybridized carbons (Fsp3) is 0.385. The van der Waals surface area contributed by atoms with Crippen LogP contribution < -0.4 is 0 Å². The minimum absolute atomic E-state index is 0.719. The van der Waals surface area contributed by atoms with Gasteiger partial charge in [0.25, 0.3) is 0 Å². The van der Waals surface area contributed by atoms with Gasteiger partial charge in [-0.15, -0.1) is 0 Å². The number of thioether (sulfide) groups is 1. The standard InChI is InChI=1S/C13H17NOS/c1-3-16-9-13(2,15)12-8-10-6-4-5-7-11(10)14-12/h4-8,14-15H,3,9H2,1-2H3. The van der Waals surface area contributed by atoms with Crippen LogP contribution in [-0.4, -0.2) is 21.6 Å². The zero-order valence-electron chi connectivity index (χ0n) is 9.66. The first kappa shape index (κ1) is 11.6. The van der Waals surface area contributed by atoms with Crippen LogP contribution in [0.1, 0.15) is 19.5 Å². The van der Waals surface area contributed by atoms with Gasteiger partial charge in [0.2, 0.25) is 0 Å². The van der Waals surface area contributed by atoms with Gasteiger partial charge in [0.15, 0.2) is 0 Å². The highest BCUT2D eigenvalue weighted by atomic mass is 32.2. The number of H-pyrrole nitrogens is 1. The van der Waals surface area contributed by atoms with Crippen molar-refractivity contribution in [3.05, 3.63) is 36.0 Å². The van der Waals surface area contributed by atoms with Crippen LogP contribution in [0.2, 0.25) is 0 Å². The second-order valence-corrected chi connectivity index (χ2v) is 5.46. The maximum absolute atomic E-state index is 10.4. The molecule has 1 heterocycles. The second-order valence-electron chi connectivity index (χ2n) is 4.18. The zero-order valence-corrected chi connectivity index (χ0v) is 10.5. The second kappa shape index (κ2) is 4.52. The Balaban J connectivity index is 2.31. The molecule has 0 amide bonds. The molecular formula is C13H17NOS. The molecule has 86 valence electrons. The molecule has 0 aliphatic carbocycles. The third-order valence-electron chi connectivity index (χ3n) is 2.70. The van der Waals surface area contributed by atoms with Crippen LogP contribution in [0.5, 0.6) is 0 Å². The first-order valence-electron chi connectivity index (χ1n) is 5.52. The summed E-state index contributed by atoms with van der Waals surface area (Å²) in [5, 5.41) is 11.5. The summed E-state index contributed by atoms with van der Waals surface area (Å²) in [7, 11) is 0. The number of nitrogens with one attached hydrogen (secondary N) is 1. The molecule has 16 heavy (non-hydrogen) atoms. The summed E-state index contributed by atoms with van der Waals surface area (Å²) in [6.07, 6.45) is 0. The van der Waals surface area contributed by atoms with Crippen molar-refractivity contribution in [3.63, 3.8) is 0 Å². The molecular weight excluding hydrogens is 218 g/mol. The van der Waals surface area contributed by atoms with E-state index in [0.717, 1.165) is 28.1 Å². The van der Waals surface area contributed by atoms with E-state index in [1.54, 1.807) is 11.8 Å². The minimum Gasteiger partial charge on any atom is -0.383 e. The minimum atomic E-state index is -0.778. The Kier molecular flexibility index (Phi) is 3.26. The SMILES string of the molecule is CCSCC(C)(O)c1cc2ccccc2[nH]1. The van der Waals surface area contributed by atoms with E-state index in [1.807, 2.05) is 31.2 Å². The molecule has 1 atom stereocenters. The molecule has 1 aromatic carbocycles. The molecule has 2 nitrogen and oxygen atoms in total. The number of aliphatic hydroxyl groups is 1. The Morgan fingerprint density at radius 1 is 1.38 bits per heavy atom. The van der Waals surface area contributed by atoms with E-state index in [4.69, 9.17) is 0 Å². The number of aromatic nitrogens is 1. The summed E-state index contributed by atoms with van der Waals surface area (Å²) >= 11 is 1.75. The van der Waals surface area contributed by atoms with Gasteiger partial charge in [-0.05, 0) is 30.2 Å². The number of rotatable bonds is 4. The topological polar surface area (TPSA) is 36.0 Å². The lowest BCUT2D eigenvalue weighted by Crippen LogP contribution is -2.24. The van der Waals surface area contributed by atoms with Gasteiger partial charge in [-0.2, -0.15) is 11.8 Å². The van der Waals surface area contributed by atoms with Crippen LogP contribution >= 0.6 is 11.8 Å². The van der Waals surface area contributed by atoms with E-state index in [9.17, 15) is 5.11 Å². The first-order valence-corrected chi connectivity index (χ1v) is 6.67. The van der Waals surface area contributed by atoms with Crippen LogP contribution in [0, 0.1) is 0 Å². The van der Waals surface area contributed by atoms with Crippen molar-refractivity contribution in [3.8, 4) is 0 Å². The van der Waals surface area contributed by atoms with Crippen LogP contribution in [0.15, 0.2) is 30.3 Å². The van der Waals surface area contributed by atoms with E-state index < -0.39 is 5.60 Å². The predicted molar refractivity (Wildman–Crippen MR) is 70.9 cm³/mol. The summed E-state index contributed by atoms with van der Waals surface area (Å²) in [6.45, 7) is 3.96. The maximum atomic E-state index is 10.4. The van der Waals surface area contributed by atoms with Gasteiger partial charge in [-0.25, -0.2) is 0 Å². The molecule has 0 spiro atoms. The summed E-state index contributed by atoms with van der Waals surface area (Å²) in [5.41, 5.74) is 1.20. The highest BCUT2D eigenvalue weighted by Crippen LogP contribution is 2.27. The van der Waals surface area contributed by atoms with Crippen molar-refractivity contribution < 1.29 is 5.11 Å². The van der Waals surface area contributed by atoms with Crippen molar-refractivity contribution in [2.75, 3.05) is 11.5 Å². The molecule has 0 saturated carbocycles. The molecule has 2 N–H and O–H groups in total. The molecule has 0 aliphatic rings. The van der Waals surface area contributed by atoms with Gasteiger partial charge >= 0.3 is 0 Å². The molecule has 1 unspecified atom stereocenters. The van der Waals surface area contributed by atoms with Crippen molar-refractivity contribution >= 4 is 22.7 Å². The fourth-order valence-electron chi connectivity index (χ4n) is 1.74. The molecule has 0 bridgehead atoms. The molecule has 3 heteroatoms. The van der Waals surface area contributed by atoms with Crippen LogP contribution in [0.4, 0.5) is 0 Å². The van der Waals surface area contributed by atoms with E-state index in [1.165, 1.54) is 0 Å². The lowest BCUT2D eigenvalue weighted by molar-refractivity contribution is 0.0800. The lowest BCUT2D eigenvalue weighted by atomic mass is 10.1. The molecule has 0 saturated heterocycles. The highest BCUT2D eigenvalue weighted by Gasteiger charge is 2.24. The molecule has 2 rings (SSSR count). The van der Waals surface area contributed by atoms with Crippen molar-refractivity contribution in [2.24, 2.45) is 0 Å². The van der Waals surface area contributed by atoms with Gasteiger partial charge in [0.05, 0.1) is 0 Å². The van der Waals surface area contributed by atoms with E-state index in [-0.39, 0.29) is 0 Å². The van der Waals surface area contributed by atoms with E-state index in [2.05, 4.69) is 18.0 Å². The average Bonchev–Trinajstić information content (AvgIpc) is 2.71. The van der Waals surface area contributed by atoms with E-state index >= 15 is 0 Å². The molecule has 1 aromatic heterocycles. The lowest BCUT2D eigenvalue weighted by Gasteiger charge is -2.21. The average molecular weight is 235 g/mol. The van der Waals surface area contributed by atoms with Gasteiger partial charge in [0, 0.05) is 17.0 Å². The Bertz CT molecular complexity index is 442. The van der Waals surface area contributed by atoms with Crippen molar-refractivity contribution in [2.45, 2.75) is 19.4 Å². The number of para-hydroxylation sites is 1. The Labute approximate surface area is 100 Å². The summed E-state index contributed by atoms with van der Waals surface area (Å²) in [4.78, 5) is 3.28. The maximum Gasteiger partial charge on any atom is 0.110 e. The van der Waals surface area contributed by atoms with E-state index in [0.29, 0.717) is 0 Å². The predicted octanol–water partition coefficient (Wildman–Crippen LogP) is 3.13. The largest absolute Gasteiger partial charge is 0.383 e. The molecule has 0 fully saturated rings. The van der Waals surface area contributed by atoms with Crippen molar-refractivity contribution in [1.29, 1.82) is 0 Å². The zero-order chi connectivity index (χ0) is 11.6. The highest BCUT2D eigenvalue weighted by molar-refractivity contribution is 7.99. The van der Waals surface area contributed by atoms with Gasteiger partial charge < -0.3 is 10.1 Å². The quantitative estimate of drug-likeness (QED) is 0.854. The molecule has 2 aromatic rings. The third-order valence-corrected chi connectivity index (χ3v) is 3.87.